The Balaban J connectivity index is 1.02. The zero-order chi connectivity index (χ0) is 31.6. The van der Waals surface area contributed by atoms with Crippen LogP contribution in [0.3, 0.4) is 0 Å². The third-order valence-corrected chi connectivity index (χ3v) is 10.0. The maximum Gasteiger partial charge on any atom is 0.144 e. The van der Waals surface area contributed by atoms with Gasteiger partial charge < -0.3 is 0 Å². The lowest BCUT2D eigenvalue weighted by Crippen LogP contribution is -2.00. The van der Waals surface area contributed by atoms with Crippen LogP contribution in [0, 0.1) is 0 Å². The molecule has 6 aromatic carbocycles. The summed E-state index contributed by atoms with van der Waals surface area (Å²) in [5.74, 6) is 1.93. The fraction of sp³-hybridized carbons (Fsp3) is 0.0455. The zero-order valence-corrected chi connectivity index (χ0v) is 26.2. The SMILES string of the molecule is c1ccc(-c2nccn2-c2cccc3c2Cc2ccc(-c4ccc5c(c4)-c4cccc(-n6ccnc6-c6ccccc6)c4C5)cc2-3)cc1. The Hall–Kier alpha value is -6.26. The molecule has 0 atom stereocenters. The van der Waals surface area contributed by atoms with Gasteiger partial charge in [-0.25, -0.2) is 9.97 Å². The molecular weight excluding hydrogens is 585 g/mol. The predicted molar refractivity (Wildman–Crippen MR) is 193 cm³/mol. The Morgan fingerprint density at radius 1 is 0.396 bits per heavy atom. The molecule has 0 N–H and O–H groups in total. The minimum Gasteiger partial charge on any atom is -0.300 e. The van der Waals surface area contributed by atoms with E-state index in [1.165, 1.54) is 67.0 Å². The van der Waals surface area contributed by atoms with E-state index in [-0.39, 0.29) is 0 Å². The van der Waals surface area contributed by atoms with Crippen LogP contribution in [0.4, 0.5) is 0 Å². The van der Waals surface area contributed by atoms with Crippen LogP contribution in [0.5, 0.6) is 0 Å². The second-order valence-electron chi connectivity index (χ2n) is 12.7. The van der Waals surface area contributed by atoms with Crippen LogP contribution < -0.4 is 0 Å². The molecule has 0 amide bonds. The van der Waals surface area contributed by atoms with E-state index in [9.17, 15) is 0 Å². The van der Waals surface area contributed by atoms with E-state index in [2.05, 4.69) is 143 Å². The first-order valence-electron chi connectivity index (χ1n) is 16.5. The van der Waals surface area contributed by atoms with Gasteiger partial charge in [0.15, 0.2) is 0 Å². The number of fused-ring (bicyclic) bond motifs is 6. The average Bonchev–Trinajstić information content (AvgIpc) is 3.96. The molecule has 0 saturated carbocycles. The van der Waals surface area contributed by atoms with Crippen molar-refractivity contribution < 1.29 is 0 Å². The van der Waals surface area contributed by atoms with Crippen LogP contribution in [-0.2, 0) is 12.8 Å². The number of hydrogen-bond donors (Lipinski definition) is 0. The number of aromatic nitrogens is 4. The summed E-state index contributed by atoms with van der Waals surface area (Å²) in [6.45, 7) is 0. The van der Waals surface area contributed by atoms with Crippen molar-refractivity contribution in [2.24, 2.45) is 0 Å². The number of hydrogen-bond acceptors (Lipinski definition) is 2. The minimum atomic E-state index is 0.910. The van der Waals surface area contributed by atoms with Crippen LogP contribution in [0.15, 0.2) is 158 Å². The lowest BCUT2D eigenvalue weighted by atomic mass is 9.95. The summed E-state index contributed by atoms with van der Waals surface area (Å²) < 4.78 is 4.47. The normalized spacial score (nSPS) is 12.4. The van der Waals surface area contributed by atoms with Crippen LogP contribution >= 0.6 is 0 Å². The van der Waals surface area contributed by atoms with Crippen LogP contribution in [-0.4, -0.2) is 19.1 Å². The van der Waals surface area contributed by atoms with Gasteiger partial charge in [0.25, 0.3) is 0 Å². The van der Waals surface area contributed by atoms with E-state index >= 15 is 0 Å². The van der Waals surface area contributed by atoms with E-state index in [0.717, 1.165) is 35.6 Å². The molecule has 0 saturated heterocycles. The average molecular weight is 615 g/mol. The maximum atomic E-state index is 4.73. The van der Waals surface area contributed by atoms with Crippen molar-refractivity contribution in [3.05, 3.63) is 181 Å². The summed E-state index contributed by atoms with van der Waals surface area (Å²) in [5.41, 5.74) is 17.8. The highest BCUT2D eigenvalue weighted by Crippen LogP contribution is 2.45. The molecule has 10 rings (SSSR count). The van der Waals surface area contributed by atoms with E-state index in [0.29, 0.717) is 0 Å². The molecule has 0 aliphatic heterocycles. The van der Waals surface area contributed by atoms with Crippen LogP contribution in [0.25, 0.3) is 67.5 Å². The van der Waals surface area contributed by atoms with Gasteiger partial charge in [-0.15, -0.1) is 0 Å². The molecule has 48 heavy (non-hydrogen) atoms. The third kappa shape index (κ3) is 4.16. The first kappa shape index (κ1) is 26.9. The van der Waals surface area contributed by atoms with Crippen LogP contribution in [0.2, 0.25) is 0 Å². The molecule has 2 aromatic heterocycles. The van der Waals surface area contributed by atoms with E-state index < -0.39 is 0 Å². The molecule has 4 nitrogen and oxygen atoms in total. The van der Waals surface area contributed by atoms with Crippen molar-refractivity contribution in [2.45, 2.75) is 12.8 Å². The summed E-state index contributed by atoms with van der Waals surface area (Å²) in [5, 5.41) is 0. The van der Waals surface area contributed by atoms with Gasteiger partial charge in [0, 0.05) is 48.8 Å². The first-order valence-corrected chi connectivity index (χ1v) is 16.5. The molecule has 2 aliphatic rings. The highest BCUT2D eigenvalue weighted by atomic mass is 15.1. The van der Waals surface area contributed by atoms with Gasteiger partial charge in [-0.05, 0) is 79.9 Å². The number of rotatable bonds is 5. The molecule has 0 fully saturated rings. The Kier molecular flexibility index (Phi) is 5.97. The van der Waals surface area contributed by atoms with Crippen LogP contribution in [0.1, 0.15) is 22.3 Å². The molecule has 2 heterocycles. The highest BCUT2D eigenvalue weighted by Gasteiger charge is 2.26. The zero-order valence-electron chi connectivity index (χ0n) is 26.2. The Morgan fingerprint density at radius 2 is 0.854 bits per heavy atom. The third-order valence-electron chi connectivity index (χ3n) is 10.0. The van der Waals surface area contributed by atoms with Crippen molar-refractivity contribution in [2.75, 3.05) is 0 Å². The lowest BCUT2D eigenvalue weighted by Gasteiger charge is -2.13. The van der Waals surface area contributed by atoms with Crippen molar-refractivity contribution in [1.29, 1.82) is 0 Å². The fourth-order valence-electron chi connectivity index (χ4n) is 7.78. The summed E-state index contributed by atoms with van der Waals surface area (Å²) in [6.07, 6.45) is 9.77. The van der Waals surface area contributed by atoms with E-state index in [1.54, 1.807) is 0 Å². The Bertz CT molecular complexity index is 2330. The van der Waals surface area contributed by atoms with Crippen molar-refractivity contribution in [3.8, 4) is 67.5 Å². The van der Waals surface area contributed by atoms with Gasteiger partial charge in [0.2, 0.25) is 0 Å². The second kappa shape index (κ2) is 10.6. The topological polar surface area (TPSA) is 35.6 Å². The van der Waals surface area contributed by atoms with Crippen molar-refractivity contribution in [3.63, 3.8) is 0 Å². The molecule has 0 spiro atoms. The molecule has 226 valence electrons. The first-order chi connectivity index (χ1) is 23.8. The quantitative estimate of drug-likeness (QED) is 0.193. The van der Waals surface area contributed by atoms with Gasteiger partial charge in [0.1, 0.15) is 11.6 Å². The lowest BCUT2D eigenvalue weighted by molar-refractivity contribution is 1.04. The Morgan fingerprint density at radius 3 is 1.31 bits per heavy atom. The maximum absolute atomic E-state index is 4.73. The van der Waals surface area contributed by atoms with Crippen molar-refractivity contribution >= 4 is 0 Å². The smallest absolute Gasteiger partial charge is 0.144 e. The molecule has 0 bridgehead atoms. The summed E-state index contributed by atoms with van der Waals surface area (Å²) in [6, 6.07) is 48.2. The predicted octanol–water partition coefficient (Wildman–Crippen LogP) is 10.2. The molecule has 2 aliphatic carbocycles. The molecular formula is C44H30N4. The molecule has 8 aromatic rings. The second-order valence-corrected chi connectivity index (χ2v) is 12.7. The summed E-state index contributed by atoms with van der Waals surface area (Å²) in [7, 11) is 0. The van der Waals surface area contributed by atoms with Gasteiger partial charge in [-0.1, -0.05) is 109 Å². The minimum absolute atomic E-state index is 0.910. The standard InChI is InChI=1S/C44H30N4/c1-3-9-29(10-4-1)43-45-21-23-47(43)41-15-7-13-35-37-25-31(17-19-33(37)27-39(35)41)32-18-20-34-28-40-36(38(34)26-32)14-8-16-42(40)48-24-22-46-44(48)30-11-5-2-6-12-30/h1-26H,27-28H2. The van der Waals surface area contributed by atoms with Gasteiger partial charge in [-0.2, -0.15) is 0 Å². The number of imidazole rings is 2. The number of nitrogens with zero attached hydrogens (tertiary/aromatic N) is 4. The molecule has 4 heteroatoms. The summed E-state index contributed by atoms with van der Waals surface area (Å²) >= 11 is 0. The monoisotopic (exact) mass is 614 g/mol. The largest absolute Gasteiger partial charge is 0.300 e. The fourth-order valence-corrected chi connectivity index (χ4v) is 7.78. The van der Waals surface area contributed by atoms with E-state index in [1.807, 2.05) is 24.5 Å². The molecule has 0 radical (unpaired) electrons. The van der Waals surface area contributed by atoms with Gasteiger partial charge >= 0.3 is 0 Å². The van der Waals surface area contributed by atoms with E-state index in [4.69, 9.17) is 9.97 Å². The number of benzene rings is 6. The van der Waals surface area contributed by atoms with Crippen molar-refractivity contribution in [1.82, 2.24) is 19.1 Å². The summed E-state index contributed by atoms with van der Waals surface area (Å²) in [4.78, 5) is 9.46. The van der Waals surface area contributed by atoms with Gasteiger partial charge in [0.05, 0.1) is 11.4 Å². The molecule has 0 unspecified atom stereocenters. The Labute approximate surface area is 279 Å². The highest BCUT2D eigenvalue weighted by molar-refractivity contribution is 5.87. The van der Waals surface area contributed by atoms with Gasteiger partial charge in [-0.3, -0.25) is 9.13 Å².